The number of hydrogen-bond donors (Lipinski definition) is 1. The van der Waals surface area contributed by atoms with Crippen molar-refractivity contribution >= 4 is 0 Å². The molecule has 0 amide bonds. The second kappa shape index (κ2) is 6.21. The summed E-state index contributed by atoms with van der Waals surface area (Å²) < 4.78 is 22.2. The summed E-state index contributed by atoms with van der Waals surface area (Å²) in [6, 6.07) is 0. The molecule has 2 heterocycles. The zero-order valence-corrected chi connectivity index (χ0v) is 12.3. The summed E-state index contributed by atoms with van der Waals surface area (Å²) in [7, 11) is 0. The molecule has 5 nitrogen and oxygen atoms in total. The first-order valence-electron chi connectivity index (χ1n) is 6.41. The minimum atomic E-state index is -1.19. The second-order valence-electron chi connectivity index (χ2n) is 5.56. The van der Waals surface area contributed by atoms with E-state index in [1.54, 1.807) is 20.8 Å². The monoisotopic (exact) mass is 272 g/mol. The molecule has 2 aliphatic rings. The van der Waals surface area contributed by atoms with E-state index >= 15 is 0 Å². The molecular formula is C14H24O5. The Bertz CT molecular complexity index is 326. The Hall–Kier alpha value is -0.640. The first-order chi connectivity index (χ1) is 8.67. The lowest BCUT2D eigenvalue weighted by molar-refractivity contribution is -0.304. The van der Waals surface area contributed by atoms with Crippen molar-refractivity contribution in [2.24, 2.45) is 0 Å². The van der Waals surface area contributed by atoms with E-state index in [-0.39, 0.29) is 12.2 Å². The lowest BCUT2D eigenvalue weighted by Crippen LogP contribution is -2.46. The van der Waals surface area contributed by atoms with Gasteiger partial charge in [-0.3, -0.25) is 0 Å². The van der Waals surface area contributed by atoms with Gasteiger partial charge in [0.25, 0.3) is 0 Å². The van der Waals surface area contributed by atoms with E-state index < -0.39 is 17.9 Å². The number of terminal acetylenes is 1. The van der Waals surface area contributed by atoms with Crippen molar-refractivity contribution in [3.05, 3.63) is 0 Å². The molecule has 2 fully saturated rings. The van der Waals surface area contributed by atoms with Gasteiger partial charge in [0.1, 0.15) is 6.10 Å². The molecule has 2 aliphatic heterocycles. The highest BCUT2D eigenvalue weighted by atomic mass is 16.8. The lowest BCUT2D eigenvalue weighted by Gasteiger charge is -2.36. The molecule has 0 radical (unpaired) electrons. The van der Waals surface area contributed by atoms with E-state index in [4.69, 9.17) is 18.9 Å². The lowest BCUT2D eigenvalue weighted by atomic mass is 10.1. The predicted octanol–water partition coefficient (Wildman–Crippen LogP) is 1.64. The Balaban J connectivity index is 0.000000550. The van der Waals surface area contributed by atoms with Crippen molar-refractivity contribution in [2.45, 2.75) is 71.1 Å². The van der Waals surface area contributed by atoms with Crippen LogP contribution in [0, 0.1) is 12.3 Å². The van der Waals surface area contributed by atoms with Crippen LogP contribution in [0.25, 0.3) is 0 Å². The van der Waals surface area contributed by atoms with Gasteiger partial charge in [0.05, 0.1) is 12.7 Å². The fourth-order valence-corrected chi connectivity index (χ4v) is 2.03. The zero-order valence-electron chi connectivity index (χ0n) is 12.3. The van der Waals surface area contributed by atoms with Gasteiger partial charge < -0.3 is 24.1 Å². The molecule has 1 N–H and O–H groups in total. The molecule has 2 rings (SSSR count). The topological polar surface area (TPSA) is 57.2 Å². The van der Waals surface area contributed by atoms with Crippen LogP contribution in [0.4, 0.5) is 0 Å². The summed E-state index contributed by atoms with van der Waals surface area (Å²) in [6.07, 6.45) is 4.69. The second-order valence-corrected chi connectivity index (χ2v) is 5.56. The average Bonchev–Trinajstić information content (AvgIpc) is 2.55. The predicted molar refractivity (Wildman–Crippen MR) is 70.1 cm³/mol. The molecule has 3 atom stereocenters. The molecule has 2 saturated heterocycles. The van der Waals surface area contributed by atoms with Gasteiger partial charge in [-0.05, 0) is 34.6 Å². The highest BCUT2D eigenvalue weighted by molar-refractivity contribution is 4.85. The standard InChI is InChI=1S/C11H20O5.C3H4/c1-10(2,12)16-9-5-7-8(14-9)6-13-11(3,4)15-7;1-3-2/h7-9,12H,5-6H2,1-4H3;1H,2H3/t7-,8-,9?;/m1./s1. The van der Waals surface area contributed by atoms with Gasteiger partial charge in [-0.25, -0.2) is 0 Å². The summed E-state index contributed by atoms with van der Waals surface area (Å²) >= 11 is 0. The molecule has 0 aromatic carbocycles. The number of aliphatic hydroxyl groups is 1. The van der Waals surface area contributed by atoms with E-state index in [1.807, 2.05) is 13.8 Å². The Labute approximate surface area is 115 Å². The summed E-state index contributed by atoms with van der Waals surface area (Å²) in [5.41, 5.74) is 0. The van der Waals surface area contributed by atoms with Gasteiger partial charge in [0.15, 0.2) is 17.9 Å². The smallest absolute Gasteiger partial charge is 0.164 e. The number of hydrogen-bond acceptors (Lipinski definition) is 5. The van der Waals surface area contributed by atoms with E-state index in [9.17, 15) is 5.11 Å². The average molecular weight is 272 g/mol. The normalized spacial score (nSPS) is 32.8. The van der Waals surface area contributed by atoms with Crippen LogP contribution < -0.4 is 0 Å². The van der Waals surface area contributed by atoms with Crippen molar-refractivity contribution in [2.75, 3.05) is 6.61 Å². The van der Waals surface area contributed by atoms with Crippen molar-refractivity contribution in [1.29, 1.82) is 0 Å². The minimum absolute atomic E-state index is 0.0175. The molecule has 0 bridgehead atoms. The quantitative estimate of drug-likeness (QED) is 0.611. The van der Waals surface area contributed by atoms with Gasteiger partial charge in [-0.2, -0.15) is 0 Å². The minimum Gasteiger partial charge on any atom is -0.366 e. The molecule has 0 spiro atoms. The fraction of sp³-hybridized carbons (Fsp3) is 0.857. The molecule has 0 aliphatic carbocycles. The van der Waals surface area contributed by atoms with Gasteiger partial charge in [0, 0.05) is 6.42 Å². The molecule has 0 saturated carbocycles. The third kappa shape index (κ3) is 5.47. The molecule has 110 valence electrons. The molecular weight excluding hydrogens is 248 g/mol. The highest BCUT2D eigenvalue weighted by Crippen LogP contribution is 2.34. The molecule has 0 aromatic heterocycles. The summed E-state index contributed by atoms with van der Waals surface area (Å²) in [5.74, 6) is 0.503. The van der Waals surface area contributed by atoms with Crippen molar-refractivity contribution in [1.82, 2.24) is 0 Å². The van der Waals surface area contributed by atoms with Crippen LogP contribution in [0.15, 0.2) is 0 Å². The summed E-state index contributed by atoms with van der Waals surface area (Å²) in [6.45, 7) is 9.09. The van der Waals surface area contributed by atoms with Crippen LogP contribution >= 0.6 is 0 Å². The number of fused-ring (bicyclic) bond motifs is 1. The van der Waals surface area contributed by atoms with Gasteiger partial charge in [0.2, 0.25) is 0 Å². The Morgan fingerprint density at radius 3 is 2.47 bits per heavy atom. The van der Waals surface area contributed by atoms with E-state index in [2.05, 4.69) is 12.3 Å². The number of ether oxygens (including phenoxy) is 4. The maximum atomic E-state index is 9.54. The molecule has 5 heteroatoms. The summed E-state index contributed by atoms with van der Waals surface area (Å²) in [4.78, 5) is 0. The SMILES string of the molecule is C#CC.CC(C)(O)OC1C[C@H]2OC(C)(C)OC[C@H]2O1. The van der Waals surface area contributed by atoms with Crippen LogP contribution in [-0.2, 0) is 18.9 Å². The Morgan fingerprint density at radius 2 is 1.95 bits per heavy atom. The van der Waals surface area contributed by atoms with Crippen LogP contribution in [0.5, 0.6) is 0 Å². The third-order valence-electron chi connectivity index (χ3n) is 2.62. The summed E-state index contributed by atoms with van der Waals surface area (Å²) in [5, 5.41) is 9.54. The van der Waals surface area contributed by atoms with Crippen LogP contribution in [0.3, 0.4) is 0 Å². The van der Waals surface area contributed by atoms with Crippen molar-refractivity contribution < 1.29 is 24.1 Å². The Kier molecular flexibility index (Phi) is 5.36. The largest absolute Gasteiger partial charge is 0.366 e. The third-order valence-corrected chi connectivity index (χ3v) is 2.62. The molecule has 1 unspecified atom stereocenters. The van der Waals surface area contributed by atoms with E-state index in [1.165, 1.54) is 0 Å². The maximum absolute atomic E-state index is 9.54. The first-order valence-corrected chi connectivity index (χ1v) is 6.41. The molecule has 0 aromatic rings. The fourth-order valence-electron chi connectivity index (χ4n) is 2.03. The van der Waals surface area contributed by atoms with Gasteiger partial charge in [-0.1, -0.05) is 0 Å². The van der Waals surface area contributed by atoms with Crippen molar-refractivity contribution in [3.8, 4) is 12.3 Å². The highest BCUT2D eigenvalue weighted by Gasteiger charge is 2.45. The zero-order chi connectivity index (χ0) is 14.7. The number of rotatable bonds is 2. The van der Waals surface area contributed by atoms with Crippen LogP contribution in [0.1, 0.15) is 41.0 Å². The van der Waals surface area contributed by atoms with Crippen molar-refractivity contribution in [3.63, 3.8) is 0 Å². The van der Waals surface area contributed by atoms with Crippen LogP contribution in [0.2, 0.25) is 0 Å². The van der Waals surface area contributed by atoms with Gasteiger partial charge >= 0.3 is 0 Å². The van der Waals surface area contributed by atoms with E-state index in [0.29, 0.717) is 13.0 Å². The van der Waals surface area contributed by atoms with Crippen LogP contribution in [-0.4, -0.2) is 41.8 Å². The maximum Gasteiger partial charge on any atom is 0.164 e. The van der Waals surface area contributed by atoms with Gasteiger partial charge in [-0.15, -0.1) is 12.3 Å². The molecule has 19 heavy (non-hydrogen) atoms. The van der Waals surface area contributed by atoms with E-state index in [0.717, 1.165) is 0 Å². The Morgan fingerprint density at radius 1 is 1.37 bits per heavy atom. The first kappa shape index (κ1) is 16.4.